The first kappa shape index (κ1) is 28.8. The minimum absolute atomic E-state index is 0.0345. The van der Waals surface area contributed by atoms with E-state index in [1.807, 2.05) is 0 Å². The number of esters is 2. The molecular weight excluding hydrogens is 556 g/mol. The first-order chi connectivity index (χ1) is 20.2. The lowest BCUT2D eigenvalue weighted by Crippen LogP contribution is -2.17. The van der Waals surface area contributed by atoms with E-state index >= 15 is 0 Å². The Morgan fingerprint density at radius 3 is 1.45 bits per heavy atom. The third-order valence-electron chi connectivity index (χ3n) is 5.41. The van der Waals surface area contributed by atoms with Crippen LogP contribution in [-0.2, 0) is 22.7 Å². The van der Waals surface area contributed by atoms with Crippen LogP contribution in [0.2, 0.25) is 0 Å². The smallest absolute Gasteiger partial charge is 0.457 e. The second-order valence-corrected chi connectivity index (χ2v) is 8.19. The normalized spacial score (nSPS) is 10.3. The number of nitrogens with zero attached hydrogens (tertiary/aromatic N) is 4. The molecule has 212 valence electrons. The second kappa shape index (κ2) is 13.2. The van der Waals surface area contributed by atoms with Crippen molar-refractivity contribution in [3.63, 3.8) is 0 Å². The van der Waals surface area contributed by atoms with Gasteiger partial charge in [0, 0.05) is 60.2 Å². The van der Waals surface area contributed by atoms with E-state index in [1.54, 1.807) is 0 Å². The Morgan fingerprint density at radius 1 is 0.667 bits per heavy atom. The molecule has 0 aliphatic rings. The van der Waals surface area contributed by atoms with Crippen molar-refractivity contribution in [1.29, 1.82) is 0 Å². The van der Waals surface area contributed by atoms with E-state index in [4.69, 9.17) is 18.9 Å². The van der Waals surface area contributed by atoms with E-state index < -0.39 is 41.2 Å². The summed E-state index contributed by atoms with van der Waals surface area (Å²) in [5.74, 6) is -2.01. The Labute approximate surface area is 235 Å². The van der Waals surface area contributed by atoms with Gasteiger partial charge in [-0.2, -0.15) is 0 Å². The molecule has 0 N–H and O–H groups in total. The molecule has 15 nitrogen and oxygen atoms in total. The van der Waals surface area contributed by atoms with Crippen molar-refractivity contribution in [3.05, 3.63) is 128 Å². The van der Waals surface area contributed by atoms with Crippen LogP contribution in [0.3, 0.4) is 0 Å². The molecule has 0 atom stereocenters. The molecule has 0 unspecified atom stereocenters. The number of benzene rings is 2. The lowest BCUT2D eigenvalue weighted by molar-refractivity contribution is -0.385. The highest BCUT2D eigenvalue weighted by molar-refractivity contribution is 5.89. The van der Waals surface area contributed by atoms with E-state index in [1.165, 1.54) is 49.1 Å². The fraction of sp³-hybridized carbons (Fsp3) is 0.0741. The van der Waals surface area contributed by atoms with E-state index in [-0.39, 0.29) is 45.1 Å². The van der Waals surface area contributed by atoms with Crippen LogP contribution in [0.25, 0.3) is 0 Å². The van der Waals surface area contributed by atoms with Gasteiger partial charge in [-0.1, -0.05) is 0 Å². The van der Waals surface area contributed by atoms with Gasteiger partial charge in [0.25, 0.3) is 11.4 Å². The van der Waals surface area contributed by atoms with E-state index in [0.29, 0.717) is 0 Å². The lowest BCUT2D eigenvalue weighted by atomic mass is 10.2. The predicted octanol–water partition coefficient (Wildman–Crippen LogP) is 4.58. The van der Waals surface area contributed by atoms with E-state index in [2.05, 4.69) is 9.97 Å². The molecule has 42 heavy (non-hydrogen) atoms. The summed E-state index contributed by atoms with van der Waals surface area (Å²) < 4.78 is 20.8. The second-order valence-electron chi connectivity index (χ2n) is 8.19. The van der Waals surface area contributed by atoms with Crippen LogP contribution < -0.4 is 9.47 Å². The number of aromatic nitrogens is 2. The monoisotopic (exact) mass is 574 g/mol. The summed E-state index contributed by atoms with van der Waals surface area (Å²) in [7, 11) is 0. The van der Waals surface area contributed by atoms with Gasteiger partial charge in [-0.05, 0) is 36.4 Å². The molecule has 0 fully saturated rings. The largest absolute Gasteiger partial charge is 0.519 e. The number of hydrogen-bond acceptors (Lipinski definition) is 13. The average molecular weight is 574 g/mol. The molecule has 0 saturated carbocycles. The number of carbonyl (C=O) groups excluding carboxylic acids is 3. The molecule has 0 amide bonds. The summed E-state index contributed by atoms with van der Waals surface area (Å²) in [6.45, 7) is -1.02. The summed E-state index contributed by atoms with van der Waals surface area (Å²) in [6, 6.07) is 12.4. The van der Waals surface area contributed by atoms with Crippen molar-refractivity contribution in [3.8, 4) is 11.5 Å². The van der Waals surface area contributed by atoms with Crippen LogP contribution in [0.15, 0.2) is 85.5 Å². The van der Waals surface area contributed by atoms with Gasteiger partial charge in [0.2, 0.25) is 0 Å². The molecule has 4 aromatic rings. The highest BCUT2D eigenvalue weighted by Crippen LogP contribution is 2.28. The maximum Gasteiger partial charge on any atom is 0.519 e. The van der Waals surface area contributed by atoms with Crippen molar-refractivity contribution < 1.29 is 43.2 Å². The van der Waals surface area contributed by atoms with Gasteiger partial charge in [-0.15, -0.1) is 0 Å². The van der Waals surface area contributed by atoms with Crippen LogP contribution >= 0.6 is 0 Å². The van der Waals surface area contributed by atoms with Crippen molar-refractivity contribution in [2.45, 2.75) is 13.2 Å². The van der Waals surface area contributed by atoms with Gasteiger partial charge in [0.05, 0.1) is 21.0 Å². The minimum Gasteiger partial charge on any atom is -0.457 e. The van der Waals surface area contributed by atoms with Crippen LogP contribution in [0.4, 0.5) is 16.2 Å². The van der Waals surface area contributed by atoms with Gasteiger partial charge in [-0.25, -0.2) is 14.4 Å². The highest BCUT2D eigenvalue weighted by atomic mass is 16.7. The lowest BCUT2D eigenvalue weighted by Gasteiger charge is -2.13. The van der Waals surface area contributed by atoms with Crippen LogP contribution in [0, 0.1) is 20.2 Å². The first-order valence-corrected chi connectivity index (χ1v) is 11.8. The van der Waals surface area contributed by atoms with Crippen LogP contribution in [0.1, 0.15) is 31.8 Å². The summed E-state index contributed by atoms with van der Waals surface area (Å²) in [5.41, 5.74) is -0.549. The summed E-state index contributed by atoms with van der Waals surface area (Å²) in [6.07, 6.45) is 4.10. The molecular formula is C27H18N4O11. The number of pyridine rings is 2. The van der Waals surface area contributed by atoms with Crippen molar-refractivity contribution in [1.82, 2.24) is 9.97 Å². The molecule has 2 heterocycles. The summed E-state index contributed by atoms with van der Waals surface area (Å²) in [5, 5.41) is 22.5. The Balaban J connectivity index is 1.51. The van der Waals surface area contributed by atoms with E-state index in [9.17, 15) is 34.6 Å². The maximum atomic E-state index is 12.7. The van der Waals surface area contributed by atoms with Crippen LogP contribution in [0.5, 0.6) is 11.5 Å². The third-order valence-corrected chi connectivity index (χ3v) is 5.41. The highest BCUT2D eigenvalue weighted by Gasteiger charge is 2.21. The van der Waals surface area contributed by atoms with Crippen molar-refractivity contribution in [2.75, 3.05) is 0 Å². The number of nitro groups is 2. The molecule has 0 aliphatic carbocycles. The van der Waals surface area contributed by atoms with Gasteiger partial charge >= 0.3 is 18.1 Å². The molecule has 2 aromatic carbocycles. The van der Waals surface area contributed by atoms with Gasteiger partial charge in [0.1, 0.15) is 24.7 Å². The van der Waals surface area contributed by atoms with Gasteiger partial charge < -0.3 is 18.9 Å². The molecule has 15 heteroatoms. The Morgan fingerprint density at radius 2 is 1.10 bits per heavy atom. The zero-order valence-electron chi connectivity index (χ0n) is 21.3. The third kappa shape index (κ3) is 7.44. The quantitative estimate of drug-likeness (QED) is 0.110. The molecule has 4 rings (SSSR count). The zero-order valence-corrected chi connectivity index (χ0v) is 21.3. The predicted molar refractivity (Wildman–Crippen MR) is 140 cm³/mol. The summed E-state index contributed by atoms with van der Waals surface area (Å²) in [4.78, 5) is 66.1. The molecule has 2 aromatic heterocycles. The fourth-order valence-corrected chi connectivity index (χ4v) is 3.40. The van der Waals surface area contributed by atoms with E-state index in [0.717, 1.165) is 36.4 Å². The molecule has 0 spiro atoms. The minimum atomic E-state index is -1.34. The topological polar surface area (TPSA) is 200 Å². The SMILES string of the molecule is O=C(Oc1ccc([N+](=O)[O-])cc1COC(=O)c1cccnc1)Oc1ccc([N+](=O)[O-])cc1COC(=O)c1cccnc1. The number of hydrogen-bond donors (Lipinski definition) is 0. The number of non-ortho nitro benzene ring substituents is 2. The van der Waals surface area contributed by atoms with Crippen molar-refractivity contribution in [2.24, 2.45) is 0 Å². The maximum absolute atomic E-state index is 12.7. The molecule has 0 saturated heterocycles. The van der Waals surface area contributed by atoms with Gasteiger partial charge in [-0.3, -0.25) is 30.2 Å². The fourth-order valence-electron chi connectivity index (χ4n) is 3.40. The van der Waals surface area contributed by atoms with Crippen molar-refractivity contribution >= 4 is 29.5 Å². The number of ether oxygens (including phenoxy) is 4. The average Bonchev–Trinajstić information content (AvgIpc) is 3.00. The Hall–Kier alpha value is -6.25. The zero-order chi connectivity index (χ0) is 30.1. The summed E-state index contributed by atoms with van der Waals surface area (Å²) >= 11 is 0. The molecule has 0 aliphatic heterocycles. The molecule has 0 bridgehead atoms. The molecule has 0 radical (unpaired) electrons. The first-order valence-electron chi connectivity index (χ1n) is 11.8. The standard InChI is InChI=1S/C27H18N4O11/c32-25(17-3-1-9-28-13-17)39-15-19-11-21(30(35)36)5-7-23(19)41-27(34)42-24-8-6-22(31(37)38)12-20(24)16-40-26(33)18-4-2-10-29-14-18/h1-14H,15-16H2. The Bertz CT molecular complexity index is 1530. The number of carbonyl (C=O) groups is 3. The Kier molecular flexibility index (Phi) is 9.04. The van der Waals surface area contributed by atoms with Crippen LogP contribution in [-0.4, -0.2) is 37.9 Å². The van der Waals surface area contributed by atoms with Gasteiger partial charge in [0.15, 0.2) is 0 Å². The number of nitro benzene ring substituents is 2. The number of rotatable bonds is 10.